The maximum absolute atomic E-state index is 2.27. The zero-order valence-corrected chi connectivity index (χ0v) is 10.3. The Morgan fingerprint density at radius 2 is 1.12 bits per heavy atom. The Morgan fingerprint density at radius 1 is 0.688 bits per heavy atom. The van der Waals surface area contributed by atoms with Gasteiger partial charge in [-0.15, -0.1) is 0 Å². The molecule has 0 saturated carbocycles. The molecule has 0 aliphatic carbocycles. The molecule has 0 unspecified atom stereocenters. The van der Waals surface area contributed by atoms with Crippen molar-refractivity contribution in [1.82, 2.24) is 0 Å². The molecule has 0 fully saturated rings. The number of hydrogen-bond donors (Lipinski definition) is 0. The van der Waals surface area contributed by atoms with Crippen molar-refractivity contribution in [2.45, 2.75) is 39.5 Å². The molecule has 16 heavy (non-hydrogen) atoms. The van der Waals surface area contributed by atoms with Crippen LogP contribution in [0.5, 0.6) is 0 Å². The molecule has 0 aromatic heterocycles. The SMILES string of the molecule is CCCc1cccc2c(CCC)cccc12. The number of rotatable bonds is 4. The summed E-state index contributed by atoms with van der Waals surface area (Å²) in [6.07, 6.45) is 4.81. The second kappa shape index (κ2) is 5.16. The molecule has 0 radical (unpaired) electrons. The predicted molar refractivity (Wildman–Crippen MR) is 71.9 cm³/mol. The van der Waals surface area contributed by atoms with Crippen LogP contribution < -0.4 is 0 Å². The van der Waals surface area contributed by atoms with Gasteiger partial charge in [-0.2, -0.15) is 0 Å². The zero-order chi connectivity index (χ0) is 11.4. The second-order valence-corrected chi connectivity index (χ2v) is 4.43. The summed E-state index contributed by atoms with van der Waals surface area (Å²) in [7, 11) is 0. The molecular formula is C16H20. The maximum Gasteiger partial charge on any atom is -0.0149 e. The van der Waals surface area contributed by atoms with Crippen molar-refractivity contribution in [3.05, 3.63) is 47.5 Å². The van der Waals surface area contributed by atoms with Gasteiger partial charge in [0.25, 0.3) is 0 Å². The summed E-state index contributed by atoms with van der Waals surface area (Å²) in [6, 6.07) is 13.5. The molecule has 0 N–H and O–H groups in total. The molecule has 0 nitrogen and oxygen atoms in total. The summed E-state index contributed by atoms with van der Waals surface area (Å²) in [5.41, 5.74) is 3.00. The Labute approximate surface area is 98.3 Å². The van der Waals surface area contributed by atoms with E-state index < -0.39 is 0 Å². The van der Waals surface area contributed by atoms with Crippen LogP contribution in [-0.2, 0) is 12.8 Å². The molecule has 0 aliphatic heterocycles. The Morgan fingerprint density at radius 3 is 1.50 bits per heavy atom. The highest BCUT2D eigenvalue weighted by Gasteiger charge is 2.03. The minimum Gasteiger partial charge on any atom is -0.0651 e. The van der Waals surface area contributed by atoms with Crippen molar-refractivity contribution >= 4 is 10.8 Å². The van der Waals surface area contributed by atoms with E-state index in [1.165, 1.54) is 47.6 Å². The maximum atomic E-state index is 2.27. The number of benzene rings is 2. The highest BCUT2D eigenvalue weighted by molar-refractivity contribution is 5.88. The topological polar surface area (TPSA) is 0 Å². The lowest BCUT2D eigenvalue weighted by Crippen LogP contribution is -1.90. The summed E-state index contributed by atoms with van der Waals surface area (Å²) in [6.45, 7) is 4.49. The average molecular weight is 212 g/mol. The molecule has 0 atom stereocenters. The molecule has 0 spiro atoms. The third-order valence-corrected chi connectivity index (χ3v) is 3.14. The third kappa shape index (κ3) is 2.11. The van der Waals surface area contributed by atoms with Crippen LogP contribution >= 0.6 is 0 Å². The minimum absolute atomic E-state index is 1.19. The van der Waals surface area contributed by atoms with Crippen LogP contribution in [0.1, 0.15) is 37.8 Å². The fourth-order valence-electron chi connectivity index (χ4n) is 2.41. The number of fused-ring (bicyclic) bond motifs is 1. The van der Waals surface area contributed by atoms with Gasteiger partial charge in [-0.3, -0.25) is 0 Å². The fourth-order valence-corrected chi connectivity index (χ4v) is 2.41. The summed E-state index contributed by atoms with van der Waals surface area (Å²) in [5.74, 6) is 0. The summed E-state index contributed by atoms with van der Waals surface area (Å²) in [5, 5.41) is 2.91. The summed E-state index contributed by atoms with van der Waals surface area (Å²) >= 11 is 0. The van der Waals surface area contributed by atoms with E-state index in [9.17, 15) is 0 Å². The predicted octanol–water partition coefficient (Wildman–Crippen LogP) is 4.74. The van der Waals surface area contributed by atoms with Crippen molar-refractivity contribution in [1.29, 1.82) is 0 Å². The highest BCUT2D eigenvalue weighted by Crippen LogP contribution is 2.24. The van der Waals surface area contributed by atoms with E-state index >= 15 is 0 Å². The van der Waals surface area contributed by atoms with Crippen LogP contribution in [0.15, 0.2) is 36.4 Å². The smallest absolute Gasteiger partial charge is 0.0149 e. The van der Waals surface area contributed by atoms with Crippen molar-refractivity contribution < 1.29 is 0 Å². The third-order valence-electron chi connectivity index (χ3n) is 3.14. The van der Waals surface area contributed by atoms with Crippen LogP contribution in [0.4, 0.5) is 0 Å². The largest absolute Gasteiger partial charge is 0.0651 e. The molecule has 0 aliphatic rings. The lowest BCUT2D eigenvalue weighted by atomic mass is 9.96. The van der Waals surface area contributed by atoms with Crippen molar-refractivity contribution in [2.75, 3.05) is 0 Å². The molecule has 0 heteroatoms. The van der Waals surface area contributed by atoms with Gasteiger partial charge in [0.05, 0.1) is 0 Å². The molecule has 2 aromatic carbocycles. The molecule has 0 saturated heterocycles. The lowest BCUT2D eigenvalue weighted by molar-refractivity contribution is 0.923. The van der Waals surface area contributed by atoms with Gasteiger partial charge in [0.2, 0.25) is 0 Å². The second-order valence-electron chi connectivity index (χ2n) is 4.43. The van der Waals surface area contributed by atoms with Gasteiger partial charge in [0.1, 0.15) is 0 Å². The fraction of sp³-hybridized carbons (Fsp3) is 0.375. The molecule has 2 aromatic rings. The molecule has 2 rings (SSSR count). The van der Waals surface area contributed by atoms with E-state index in [1.54, 1.807) is 0 Å². The number of aryl methyl sites for hydroxylation is 2. The van der Waals surface area contributed by atoms with Gasteiger partial charge < -0.3 is 0 Å². The van der Waals surface area contributed by atoms with E-state index in [4.69, 9.17) is 0 Å². The van der Waals surface area contributed by atoms with Gasteiger partial charge >= 0.3 is 0 Å². The van der Waals surface area contributed by atoms with Crippen LogP contribution in [0.25, 0.3) is 10.8 Å². The van der Waals surface area contributed by atoms with Crippen LogP contribution in [0.3, 0.4) is 0 Å². The van der Waals surface area contributed by atoms with Crippen LogP contribution in [0, 0.1) is 0 Å². The van der Waals surface area contributed by atoms with Gasteiger partial charge in [-0.05, 0) is 34.7 Å². The summed E-state index contributed by atoms with van der Waals surface area (Å²) < 4.78 is 0. The molecule has 0 amide bonds. The van der Waals surface area contributed by atoms with Gasteiger partial charge in [-0.1, -0.05) is 63.1 Å². The first-order chi connectivity index (χ1) is 7.86. The van der Waals surface area contributed by atoms with Crippen molar-refractivity contribution in [2.24, 2.45) is 0 Å². The van der Waals surface area contributed by atoms with Crippen molar-refractivity contribution in [3.63, 3.8) is 0 Å². The normalized spacial score (nSPS) is 10.9. The van der Waals surface area contributed by atoms with Gasteiger partial charge in [0, 0.05) is 0 Å². The van der Waals surface area contributed by atoms with E-state index in [1.807, 2.05) is 0 Å². The highest BCUT2D eigenvalue weighted by atomic mass is 14.1. The van der Waals surface area contributed by atoms with E-state index in [0.717, 1.165) is 0 Å². The minimum atomic E-state index is 1.19. The number of hydrogen-bond acceptors (Lipinski definition) is 0. The van der Waals surface area contributed by atoms with E-state index in [-0.39, 0.29) is 0 Å². The Hall–Kier alpha value is -1.30. The molecule has 0 bridgehead atoms. The van der Waals surface area contributed by atoms with Gasteiger partial charge in [0.15, 0.2) is 0 Å². The molecule has 0 heterocycles. The lowest BCUT2D eigenvalue weighted by Gasteiger charge is -2.09. The Kier molecular flexibility index (Phi) is 3.61. The monoisotopic (exact) mass is 212 g/mol. The average Bonchev–Trinajstić information content (AvgIpc) is 2.31. The zero-order valence-electron chi connectivity index (χ0n) is 10.3. The van der Waals surface area contributed by atoms with Gasteiger partial charge in [-0.25, -0.2) is 0 Å². The van der Waals surface area contributed by atoms with Crippen LogP contribution in [-0.4, -0.2) is 0 Å². The summed E-state index contributed by atoms with van der Waals surface area (Å²) in [4.78, 5) is 0. The Balaban J connectivity index is 2.57. The van der Waals surface area contributed by atoms with E-state index in [2.05, 4.69) is 50.2 Å². The molecule has 84 valence electrons. The van der Waals surface area contributed by atoms with Crippen molar-refractivity contribution in [3.8, 4) is 0 Å². The first-order valence-corrected chi connectivity index (χ1v) is 6.36. The van der Waals surface area contributed by atoms with Crippen LogP contribution in [0.2, 0.25) is 0 Å². The Bertz CT molecular complexity index is 423. The first-order valence-electron chi connectivity index (χ1n) is 6.36. The van der Waals surface area contributed by atoms with E-state index in [0.29, 0.717) is 0 Å². The quantitative estimate of drug-likeness (QED) is 0.686. The standard InChI is InChI=1S/C16H20/c1-3-7-13-9-5-12-16-14(8-4-2)10-6-11-15(13)16/h5-6,9-12H,3-4,7-8H2,1-2H3. The molecular weight excluding hydrogens is 192 g/mol. The first kappa shape index (κ1) is 11.2.